The first kappa shape index (κ1) is 10.7. The van der Waals surface area contributed by atoms with Gasteiger partial charge in [-0.3, -0.25) is 4.79 Å². The Labute approximate surface area is 93.1 Å². The second-order valence-corrected chi connectivity index (χ2v) is 4.89. The molecule has 1 aromatic carbocycles. The maximum absolute atomic E-state index is 12.6. The largest absolute Gasteiger partial charge is 0.298 e. The van der Waals surface area contributed by atoms with Crippen LogP contribution in [-0.2, 0) is 4.79 Å². The topological polar surface area (TPSA) is 17.1 Å². The number of hydrogen-bond acceptors (Lipinski definition) is 2. The van der Waals surface area contributed by atoms with Crippen molar-refractivity contribution in [3.63, 3.8) is 0 Å². The lowest BCUT2D eigenvalue weighted by atomic mass is 9.83. The highest BCUT2D eigenvalue weighted by atomic mass is 32.2. The molecule has 1 nitrogen and oxygen atoms in total. The van der Waals surface area contributed by atoms with Gasteiger partial charge in [0, 0.05) is 10.8 Å². The van der Waals surface area contributed by atoms with Crippen LogP contribution in [0.25, 0.3) is 0 Å². The van der Waals surface area contributed by atoms with Gasteiger partial charge in [-0.2, -0.15) is 0 Å². The Kier molecular flexibility index (Phi) is 3.41. The van der Waals surface area contributed by atoms with Gasteiger partial charge in [-0.05, 0) is 37.1 Å². The fourth-order valence-electron chi connectivity index (χ4n) is 1.53. The Balaban J connectivity index is 1.82. The standard InChI is InChI=1S/C12H13FOS/c13-10-4-6-11(7-5-10)15-8-12(14)9-2-1-3-9/h4-7,9H,1-3,8H2. The smallest absolute Gasteiger partial charge is 0.146 e. The lowest BCUT2D eigenvalue weighted by molar-refractivity contribution is -0.122. The van der Waals surface area contributed by atoms with Crippen molar-refractivity contribution in [2.75, 3.05) is 5.75 Å². The van der Waals surface area contributed by atoms with Crippen LogP contribution >= 0.6 is 11.8 Å². The Hall–Kier alpha value is -0.830. The molecule has 0 spiro atoms. The monoisotopic (exact) mass is 224 g/mol. The predicted molar refractivity (Wildman–Crippen MR) is 59.5 cm³/mol. The molecular formula is C12H13FOS. The molecule has 0 saturated heterocycles. The Morgan fingerprint density at radius 1 is 1.33 bits per heavy atom. The van der Waals surface area contributed by atoms with E-state index in [2.05, 4.69) is 0 Å². The van der Waals surface area contributed by atoms with Crippen LogP contribution in [0.2, 0.25) is 0 Å². The van der Waals surface area contributed by atoms with Crippen LogP contribution in [0, 0.1) is 11.7 Å². The van der Waals surface area contributed by atoms with E-state index in [1.54, 1.807) is 12.1 Å². The summed E-state index contributed by atoms with van der Waals surface area (Å²) in [5.74, 6) is 0.939. The molecule has 0 aromatic heterocycles. The van der Waals surface area contributed by atoms with Crippen molar-refractivity contribution < 1.29 is 9.18 Å². The van der Waals surface area contributed by atoms with Crippen LogP contribution in [0.3, 0.4) is 0 Å². The lowest BCUT2D eigenvalue weighted by Gasteiger charge is -2.23. The van der Waals surface area contributed by atoms with E-state index < -0.39 is 0 Å². The molecule has 1 saturated carbocycles. The van der Waals surface area contributed by atoms with Gasteiger partial charge >= 0.3 is 0 Å². The number of halogens is 1. The maximum Gasteiger partial charge on any atom is 0.146 e. The summed E-state index contributed by atoms with van der Waals surface area (Å²) in [5, 5.41) is 0. The van der Waals surface area contributed by atoms with E-state index in [0.29, 0.717) is 17.5 Å². The number of benzene rings is 1. The highest BCUT2D eigenvalue weighted by molar-refractivity contribution is 8.00. The summed E-state index contributed by atoms with van der Waals surface area (Å²) in [4.78, 5) is 12.5. The summed E-state index contributed by atoms with van der Waals surface area (Å²) in [6, 6.07) is 6.29. The van der Waals surface area contributed by atoms with Crippen molar-refractivity contribution in [3.05, 3.63) is 30.1 Å². The molecule has 0 heterocycles. The van der Waals surface area contributed by atoms with Crippen molar-refractivity contribution in [1.82, 2.24) is 0 Å². The summed E-state index contributed by atoms with van der Waals surface area (Å²) in [5.41, 5.74) is 0. The summed E-state index contributed by atoms with van der Waals surface area (Å²) in [6.07, 6.45) is 3.31. The van der Waals surface area contributed by atoms with Crippen molar-refractivity contribution in [1.29, 1.82) is 0 Å². The number of ketones is 1. The van der Waals surface area contributed by atoms with Gasteiger partial charge in [-0.25, -0.2) is 4.39 Å². The molecule has 0 radical (unpaired) electrons. The summed E-state index contributed by atoms with van der Waals surface area (Å²) in [6.45, 7) is 0. The van der Waals surface area contributed by atoms with Crippen LogP contribution in [0.15, 0.2) is 29.2 Å². The zero-order chi connectivity index (χ0) is 10.7. The first-order valence-electron chi connectivity index (χ1n) is 5.17. The quantitative estimate of drug-likeness (QED) is 0.730. The number of Topliss-reactive ketones (excluding diaryl/α,β-unsaturated/α-hetero) is 1. The van der Waals surface area contributed by atoms with Crippen LogP contribution in [0.1, 0.15) is 19.3 Å². The van der Waals surface area contributed by atoms with Gasteiger partial charge in [0.2, 0.25) is 0 Å². The molecule has 3 heteroatoms. The predicted octanol–water partition coefficient (Wildman–Crippen LogP) is 3.29. The normalized spacial score (nSPS) is 16.1. The third-order valence-electron chi connectivity index (χ3n) is 2.76. The van der Waals surface area contributed by atoms with Crippen LogP contribution in [0.5, 0.6) is 0 Å². The van der Waals surface area contributed by atoms with Gasteiger partial charge in [-0.1, -0.05) is 6.42 Å². The van der Waals surface area contributed by atoms with Gasteiger partial charge in [0.25, 0.3) is 0 Å². The minimum absolute atomic E-state index is 0.232. The molecule has 0 N–H and O–H groups in total. The van der Waals surface area contributed by atoms with Gasteiger partial charge in [0.1, 0.15) is 11.6 Å². The van der Waals surface area contributed by atoms with Gasteiger partial charge in [0.15, 0.2) is 0 Å². The van der Waals surface area contributed by atoms with Gasteiger partial charge in [0.05, 0.1) is 5.75 Å². The molecule has 0 amide bonds. The molecule has 80 valence electrons. The van der Waals surface area contributed by atoms with E-state index in [1.807, 2.05) is 0 Å². The summed E-state index contributed by atoms with van der Waals surface area (Å²) >= 11 is 1.50. The zero-order valence-electron chi connectivity index (χ0n) is 8.41. The molecule has 1 aliphatic rings. The second kappa shape index (κ2) is 4.79. The molecule has 0 aliphatic heterocycles. The number of thioether (sulfide) groups is 1. The highest BCUT2D eigenvalue weighted by Gasteiger charge is 2.24. The summed E-state index contributed by atoms with van der Waals surface area (Å²) < 4.78 is 12.6. The van der Waals surface area contributed by atoms with E-state index in [9.17, 15) is 9.18 Å². The third-order valence-corrected chi connectivity index (χ3v) is 3.79. The van der Waals surface area contributed by atoms with Crippen LogP contribution in [-0.4, -0.2) is 11.5 Å². The molecule has 15 heavy (non-hydrogen) atoms. The van der Waals surface area contributed by atoms with Crippen molar-refractivity contribution in [2.24, 2.45) is 5.92 Å². The molecule has 0 bridgehead atoms. The first-order valence-corrected chi connectivity index (χ1v) is 6.15. The average Bonchev–Trinajstić information content (AvgIpc) is 2.14. The van der Waals surface area contributed by atoms with Crippen molar-refractivity contribution in [2.45, 2.75) is 24.2 Å². The molecule has 0 atom stereocenters. The fourth-order valence-corrected chi connectivity index (χ4v) is 2.41. The molecule has 1 fully saturated rings. The molecular weight excluding hydrogens is 211 g/mol. The number of hydrogen-bond donors (Lipinski definition) is 0. The van der Waals surface area contributed by atoms with Crippen molar-refractivity contribution in [3.8, 4) is 0 Å². The molecule has 1 aromatic rings. The van der Waals surface area contributed by atoms with Crippen LogP contribution < -0.4 is 0 Å². The Morgan fingerprint density at radius 3 is 2.53 bits per heavy atom. The van der Waals surface area contributed by atoms with E-state index in [0.717, 1.165) is 17.7 Å². The highest BCUT2D eigenvalue weighted by Crippen LogP contribution is 2.29. The summed E-state index contributed by atoms with van der Waals surface area (Å²) in [7, 11) is 0. The number of carbonyl (C=O) groups excluding carboxylic acids is 1. The average molecular weight is 224 g/mol. The van der Waals surface area contributed by atoms with E-state index in [1.165, 1.54) is 30.3 Å². The minimum Gasteiger partial charge on any atom is -0.298 e. The second-order valence-electron chi connectivity index (χ2n) is 3.84. The van der Waals surface area contributed by atoms with Crippen molar-refractivity contribution >= 4 is 17.5 Å². The number of rotatable bonds is 4. The number of carbonyl (C=O) groups is 1. The SMILES string of the molecule is O=C(CSc1ccc(F)cc1)C1CCC1. The van der Waals surface area contributed by atoms with E-state index in [-0.39, 0.29) is 5.82 Å². The lowest BCUT2D eigenvalue weighted by Crippen LogP contribution is -2.23. The van der Waals surface area contributed by atoms with E-state index >= 15 is 0 Å². The molecule has 2 rings (SSSR count). The maximum atomic E-state index is 12.6. The fraction of sp³-hybridized carbons (Fsp3) is 0.417. The van der Waals surface area contributed by atoms with Gasteiger partial charge in [-0.15, -0.1) is 11.8 Å². The van der Waals surface area contributed by atoms with Crippen LogP contribution in [0.4, 0.5) is 4.39 Å². The van der Waals surface area contributed by atoms with Gasteiger partial charge < -0.3 is 0 Å². The first-order chi connectivity index (χ1) is 7.25. The molecule has 1 aliphatic carbocycles. The molecule has 0 unspecified atom stereocenters. The third kappa shape index (κ3) is 2.81. The Morgan fingerprint density at radius 2 is 2.00 bits per heavy atom. The zero-order valence-corrected chi connectivity index (χ0v) is 9.23. The minimum atomic E-state index is -0.232. The Bertz CT molecular complexity index is 343. The van der Waals surface area contributed by atoms with E-state index in [4.69, 9.17) is 0 Å².